The molecule has 3 N–H and O–H groups in total. The second-order valence-corrected chi connectivity index (χ2v) is 3.94. The molecule has 0 saturated carbocycles. The van der Waals surface area contributed by atoms with E-state index in [0.29, 0.717) is 12.2 Å². The summed E-state index contributed by atoms with van der Waals surface area (Å²) in [6.07, 6.45) is 1.25. The molecule has 0 aliphatic heterocycles. The average Bonchev–Trinajstić information content (AvgIpc) is 2.46. The van der Waals surface area contributed by atoms with Gasteiger partial charge in [0.1, 0.15) is 0 Å². The van der Waals surface area contributed by atoms with E-state index >= 15 is 0 Å². The first kappa shape index (κ1) is 10.7. The molecule has 0 aliphatic rings. The van der Waals surface area contributed by atoms with Gasteiger partial charge >= 0.3 is 0 Å². The van der Waals surface area contributed by atoms with Crippen molar-refractivity contribution in [3.8, 4) is 0 Å². The molecule has 0 aliphatic carbocycles. The Morgan fingerprint density at radius 1 is 1.71 bits per heavy atom. The summed E-state index contributed by atoms with van der Waals surface area (Å²) in [6.45, 7) is 5.78. The largest absolute Gasteiger partial charge is 0.438 e. The van der Waals surface area contributed by atoms with Crippen molar-refractivity contribution in [2.75, 3.05) is 6.54 Å². The second-order valence-electron chi connectivity index (χ2n) is 3.94. The fourth-order valence-electron chi connectivity index (χ4n) is 0.908. The third kappa shape index (κ3) is 2.85. The van der Waals surface area contributed by atoms with E-state index < -0.39 is 5.54 Å². The highest BCUT2D eigenvalue weighted by atomic mass is 16.3. The Bertz CT molecular complexity index is 325. The summed E-state index contributed by atoms with van der Waals surface area (Å²) in [5.74, 6) is -0.0345. The normalized spacial score (nSPS) is 11.4. The topological polar surface area (TPSA) is 81.2 Å². The zero-order valence-corrected chi connectivity index (χ0v) is 8.63. The van der Waals surface area contributed by atoms with Crippen molar-refractivity contribution in [1.29, 1.82) is 0 Å². The molecule has 1 aromatic rings. The molecule has 1 heterocycles. The molecule has 1 amide bonds. The van der Waals surface area contributed by atoms with Gasteiger partial charge in [-0.2, -0.15) is 0 Å². The van der Waals surface area contributed by atoms with Crippen LogP contribution in [0.4, 0.5) is 0 Å². The SMILES string of the molecule is Cc1ncoc1C(=O)NCC(C)(C)N. The Morgan fingerprint density at radius 2 is 2.36 bits per heavy atom. The number of nitrogens with zero attached hydrogens (tertiary/aromatic N) is 1. The van der Waals surface area contributed by atoms with Gasteiger partial charge in [-0.15, -0.1) is 0 Å². The number of carbonyl (C=O) groups is 1. The van der Waals surface area contributed by atoms with E-state index in [2.05, 4.69) is 10.3 Å². The maximum absolute atomic E-state index is 11.5. The van der Waals surface area contributed by atoms with Crippen molar-refractivity contribution in [1.82, 2.24) is 10.3 Å². The molecular weight excluding hydrogens is 182 g/mol. The number of nitrogens with one attached hydrogen (secondary N) is 1. The zero-order chi connectivity index (χ0) is 10.8. The van der Waals surface area contributed by atoms with Crippen LogP contribution < -0.4 is 11.1 Å². The molecule has 0 bridgehead atoms. The lowest BCUT2D eigenvalue weighted by Crippen LogP contribution is -2.45. The highest BCUT2D eigenvalue weighted by Crippen LogP contribution is 2.04. The van der Waals surface area contributed by atoms with Crippen LogP contribution >= 0.6 is 0 Å². The molecule has 0 unspecified atom stereocenters. The third-order valence-electron chi connectivity index (χ3n) is 1.66. The standard InChI is InChI=1S/C9H15N3O2/c1-6-7(14-5-12-6)8(13)11-4-9(2,3)10/h5H,4,10H2,1-3H3,(H,11,13). The highest BCUT2D eigenvalue weighted by Gasteiger charge is 2.17. The van der Waals surface area contributed by atoms with Gasteiger partial charge in [0, 0.05) is 12.1 Å². The van der Waals surface area contributed by atoms with Gasteiger partial charge in [-0.3, -0.25) is 4.79 Å². The lowest BCUT2D eigenvalue weighted by atomic mass is 10.1. The summed E-state index contributed by atoms with van der Waals surface area (Å²) in [7, 11) is 0. The number of nitrogens with two attached hydrogens (primary N) is 1. The van der Waals surface area contributed by atoms with Crippen LogP contribution in [0.5, 0.6) is 0 Å². The Labute approximate surface area is 82.7 Å². The third-order valence-corrected chi connectivity index (χ3v) is 1.66. The van der Waals surface area contributed by atoms with Crippen LogP contribution in [0.2, 0.25) is 0 Å². The second kappa shape index (κ2) is 3.79. The van der Waals surface area contributed by atoms with Gasteiger partial charge in [0.2, 0.25) is 5.76 Å². The molecule has 0 radical (unpaired) electrons. The van der Waals surface area contributed by atoms with Crippen LogP contribution in [0.15, 0.2) is 10.8 Å². The molecule has 1 aromatic heterocycles. The molecule has 5 nitrogen and oxygen atoms in total. The first-order chi connectivity index (χ1) is 6.40. The highest BCUT2D eigenvalue weighted by molar-refractivity contribution is 5.92. The number of aryl methyl sites for hydroxylation is 1. The van der Waals surface area contributed by atoms with Crippen LogP contribution in [0, 0.1) is 6.92 Å². The van der Waals surface area contributed by atoms with Crippen LogP contribution in [0.3, 0.4) is 0 Å². The Hall–Kier alpha value is -1.36. The van der Waals surface area contributed by atoms with Crippen molar-refractivity contribution in [3.63, 3.8) is 0 Å². The van der Waals surface area contributed by atoms with Crippen molar-refractivity contribution >= 4 is 5.91 Å². The minimum Gasteiger partial charge on any atom is -0.438 e. The summed E-state index contributed by atoms with van der Waals surface area (Å²) in [5.41, 5.74) is 5.87. The van der Waals surface area contributed by atoms with E-state index in [0.717, 1.165) is 0 Å². The number of aromatic nitrogens is 1. The minimum absolute atomic E-state index is 0.245. The Morgan fingerprint density at radius 3 is 2.79 bits per heavy atom. The predicted octanol–water partition coefficient (Wildman–Crippen LogP) is 0.450. The molecule has 14 heavy (non-hydrogen) atoms. The fraction of sp³-hybridized carbons (Fsp3) is 0.556. The summed E-state index contributed by atoms with van der Waals surface area (Å²) >= 11 is 0. The molecule has 0 saturated heterocycles. The van der Waals surface area contributed by atoms with Gasteiger partial charge in [-0.1, -0.05) is 0 Å². The van der Waals surface area contributed by atoms with Gasteiger partial charge in [0.15, 0.2) is 6.39 Å². The van der Waals surface area contributed by atoms with Crippen molar-refractivity contribution in [2.24, 2.45) is 5.73 Å². The Balaban J connectivity index is 2.56. The van der Waals surface area contributed by atoms with Crippen molar-refractivity contribution in [2.45, 2.75) is 26.3 Å². The molecule has 0 aromatic carbocycles. The lowest BCUT2D eigenvalue weighted by Gasteiger charge is -2.18. The maximum atomic E-state index is 11.5. The number of hydrogen-bond donors (Lipinski definition) is 2. The van der Waals surface area contributed by atoms with Gasteiger partial charge in [-0.25, -0.2) is 4.98 Å². The van der Waals surface area contributed by atoms with Crippen LogP contribution in [0.25, 0.3) is 0 Å². The monoisotopic (exact) mass is 197 g/mol. The van der Waals surface area contributed by atoms with E-state index in [9.17, 15) is 4.79 Å². The van der Waals surface area contributed by atoms with E-state index in [1.54, 1.807) is 6.92 Å². The van der Waals surface area contributed by atoms with Crippen LogP contribution in [-0.2, 0) is 0 Å². The number of oxazole rings is 1. The van der Waals surface area contributed by atoms with Gasteiger partial charge in [0.25, 0.3) is 5.91 Å². The van der Waals surface area contributed by atoms with E-state index in [-0.39, 0.29) is 11.7 Å². The zero-order valence-electron chi connectivity index (χ0n) is 8.63. The summed E-state index contributed by atoms with van der Waals surface area (Å²) in [6, 6.07) is 0. The molecule has 5 heteroatoms. The van der Waals surface area contributed by atoms with Crippen LogP contribution in [0.1, 0.15) is 30.1 Å². The lowest BCUT2D eigenvalue weighted by molar-refractivity contribution is 0.0917. The fourth-order valence-corrected chi connectivity index (χ4v) is 0.908. The van der Waals surface area contributed by atoms with E-state index in [1.165, 1.54) is 6.39 Å². The van der Waals surface area contributed by atoms with E-state index in [4.69, 9.17) is 10.2 Å². The Kier molecular flexibility index (Phi) is 2.90. The maximum Gasteiger partial charge on any atom is 0.289 e. The molecule has 0 fully saturated rings. The number of carbonyl (C=O) groups excluding carboxylic acids is 1. The number of rotatable bonds is 3. The summed E-state index contributed by atoms with van der Waals surface area (Å²) in [4.78, 5) is 15.3. The van der Waals surface area contributed by atoms with Crippen molar-refractivity contribution < 1.29 is 9.21 Å². The van der Waals surface area contributed by atoms with E-state index in [1.807, 2.05) is 13.8 Å². The van der Waals surface area contributed by atoms with Gasteiger partial charge in [0.05, 0.1) is 5.69 Å². The van der Waals surface area contributed by atoms with Crippen molar-refractivity contribution in [3.05, 3.63) is 17.8 Å². The molecule has 1 rings (SSSR count). The average molecular weight is 197 g/mol. The summed E-state index contributed by atoms with van der Waals surface area (Å²) < 4.78 is 4.93. The number of amides is 1. The first-order valence-electron chi connectivity index (χ1n) is 4.37. The van der Waals surface area contributed by atoms with Crippen LogP contribution in [-0.4, -0.2) is 23.0 Å². The van der Waals surface area contributed by atoms with Gasteiger partial charge < -0.3 is 15.5 Å². The molecular formula is C9H15N3O2. The molecule has 0 spiro atoms. The van der Waals surface area contributed by atoms with Gasteiger partial charge in [-0.05, 0) is 20.8 Å². The quantitative estimate of drug-likeness (QED) is 0.737. The number of hydrogen-bond acceptors (Lipinski definition) is 4. The molecule has 0 atom stereocenters. The molecule has 78 valence electrons. The first-order valence-corrected chi connectivity index (χ1v) is 4.37. The minimum atomic E-state index is -0.427. The predicted molar refractivity (Wildman–Crippen MR) is 51.8 cm³/mol. The summed E-state index contributed by atoms with van der Waals surface area (Å²) in [5, 5.41) is 2.67. The smallest absolute Gasteiger partial charge is 0.289 e.